The van der Waals surface area contributed by atoms with Crippen molar-refractivity contribution in [3.63, 3.8) is 0 Å². The third kappa shape index (κ3) is 10.5. The molecule has 1 aromatic rings. The van der Waals surface area contributed by atoms with Crippen molar-refractivity contribution in [1.29, 1.82) is 0 Å². The van der Waals surface area contributed by atoms with Gasteiger partial charge in [-0.1, -0.05) is 63.6 Å². The summed E-state index contributed by atoms with van der Waals surface area (Å²) in [5, 5.41) is 3.82. The van der Waals surface area contributed by atoms with Gasteiger partial charge < -0.3 is 14.8 Å². The van der Waals surface area contributed by atoms with Crippen molar-refractivity contribution >= 4 is 23.6 Å². The molecule has 3 nitrogen and oxygen atoms in total. The highest BCUT2D eigenvalue weighted by atomic mass is 35.5. The van der Waals surface area contributed by atoms with Crippen LogP contribution in [0.5, 0.6) is 0 Å². The molecule has 4 heteroatoms. The van der Waals surface area contributed by atoms with Crippen molar-refractivity contribution < 1.29 is 9.53 Å². The van der Waals surface area contributed by atoms with Gasteiger partial charge in [-0.25, -0.2) is 0 Å². The maximum absolute atomic E-state index is 10.5. The van der Waals surface area contributed by atoms with Crippen molar-refractivity contribution in [2.24, 2.45) is 5.92 Å². The van der Waals surface area contributed by atoms with E-state index < -0.39 is 0 Å². The molecule has 0 saturated heterocycles. The first kappa shape index (κ1) is 23.9. The van der Waals surface area contributed by atoms with Gasteiger partial charge >= 0.3 is 0 Å². The van der Waals surface area contributed by atoms with Crippen molar-refractivity contribution in [3.8, 4) is 0 Å². The second-order valence-electron chi connectivity index (χ2n) is 6.21. The topological polar surface area (TPSA) is 38.3 Å². The summed E-state index contributed by atoms with van der Waals surface area (Å²) < 4.78 is 5.02. The first-order chi connectivity index (χ1) is 12.1. The van der Waals surface area contributed by atoms with Crippen molar-refractivity contribution in [1.82, 2.24) is 0 Å². The third-order valence-electron chi connectivity index (χ3n) is 4.50. The van der Waals surface area contributed by atoms with E-state index >= 15 is 0 Å². The highest BCUT2D eigenvalue weighted by molar-refractivity contribution is 6.31. The highest BCUT2D eigenvalue weighted by Gasteiger charge is 2.15. The average molecular weight is 370 g/mol. The molecule has 1 N–H and O–H groups in total. The van der Waals surface area contributed by atoms with Gasteiger partial charge in [0.25, 0.3) is 0 Å². The minimum atomic E-state index is -0.165. The van der Waals surface area contributed by atoms with E-state index in [1.165, 1.54) is 32.1 Å². The van der Waals surface area contributed by atoms with Crippen LogP contribution in [-0.2, 0) is 9.53 Å². The molecule has 0 amide bonds. The second kappa shape index (κ2) is 15.2. The summed E-state index contributed by atoms with van der Waals surface area (Å²) >= 11 is 5.85. The maximum atomic E-state index is 10.5. The number of methoxy groups -OCH3 is 1. The van der Waals surface area contributed by atoms with E-state index in [0.29, 0.717) is 0 Å². The van der Waals surface area contributed by atoms with Crippen molar-refractivity contribution in [3.05, 3.63) is 28.8 Å². The van der Waals surface area contributed by atoms with Gasteiger partial charge in [0, 0.05) is 24.9 Å². The first-order valence-electron chi connectivity index (χ1n) is 9.52. The minimum Gasteiger partial charge on any atom is -0.388 e. The Balaban J connectivity index is 0.000000430. The smallest absolute Gasteiger partial charge is 0.148 e. The third-order valence-corrected chi connectivity index (χ3v) is 4.91. The molecule has 2 rings (SSSR count). The lowest BCUT2D eigenvalue weighted by atomic mass is 9.85. The van der Waals surface area contributed by atoms with E-state index in [1.54, 1.807) is 7.11 Å². The van der Waals surface area contributed by atoms with Crippen LogP contribution in [0.15, 0.2) is 18.2 Å². The predicted molar refractivity (Wildman–Crippen MR) is 110 cm³/mol. The standard InChI is InChI=1S/C11H20O2.C8H10ClN.C2H6/c1-13-11(9-12)8-7-10-5-3-2-4-6-10;1-6-3-4-7(10-2)5-8(6)9;1-2/h9-11H,2-8H2,1H3;3-5,10H,1-2H3;1-2H3. The number of carbonyl (C=O) groups is 1. The molecule has 0 aromatic heterocycles. The molecule has 25 heavy (non-hydrogen) atoms. The summed E-state index contributed by atoms with van der Waals surface area (Å²) in [4.78, 5) is 10.5. The number of ether oxygens (including phenoxy) is 1. The molecule has 1 aromatic carbocycles. The Labute approximate surface area is 159 Å². The summed E-state index contributed by atoms with van der Waals surface area (Å²) in [6.07, 6.45) is 9.70. The van der Waals surface area contributed by atoms with E-state index in [2.05, 4.69) is 5.32 Å². The van der Waals surface area contributed by atoms with Crippen LogP contribution >= 0.6 is 11.6 Å². The largest absolute Gasteiger partial charge is 0.388 e. The lowest BCUT2D eigenvalue weighted by Crippen LogP contribution is -2.15. The molecule has 1 aliphatic carbocycles. The van der Waals surface area contributed by atoms with E-state index in [4.69, 9.17) is 16.3 Å². The van der Waals surface area contributed by atoms with Gasteiger partial charge in [0.05, 0.1) is 0 Å². The Hall–Kier alpha value is -1.06. The molecule has 0 radical (unpaired) electrons. The number of anilines is 1. The number of nitrogens with one attached hydrogen (secondary N) is 1. The molecular weight excluding hydrogens is 334 g/mol. The van der Waals surface area contributed by atoms with Crippen LogP contribution in [0, 0.1) is 12.8 Å². The molecule has 144 valence electrons. The summed E-state index contributed by atoms with van der Waals surface area (Å²) in [5.41, 5.74) is 2.16. The lowest BCUT2D eigenvalue weighted by Gasteiger charge is -2.22. The number of aryl methyl sites for hydroxylation is 1. The number of benzene rings is 1. The molecule has 0 bridgehead atoms. The maximum Gasteiger partial charge on any atom is 0.148 e. The molecule has 1 saturated carbocycles. The van der Waals surface area contributed by atoms with E-state index in [1.807, 2.05) is 46.0 Å². The Kier molecular flexibility index (Phi) is 14.6. The van der Waals surface area contributed by atoms with Gasteiger partial charge in [-0.3, -0.25) is 0 Å². The highest BCUT2D eigenvalue weighted by Crippen LogP contribution is 2.27. The van der Waals surface area contributed by atoms with Crippen LogP contribution in [0.3, 0.4) is 0 Å². The Morgan fingerprint density at radius 1 is 1.28 bits per heavy atom. The average Bonchev–Trinajstić information content (AvgIpc) is 2.68. The van der Waals surface area contributed by atoms with Gasteiger partial charge in [0.2, 0.25) is 0 Å². The molecule has 0 aliphatic heterocycles. The molecule has 1 atom stereocenters. The summed E-state index contributed by atoms with van der Waals surface area (Å²) in [6.45, 7) is 5.99. The minimum absolute atomic E-state index is 0.165. The Bertz CT molecular complexity index is 459. The van der Waals surface area contributed by atoms with Crippen molar-refractivity contribution in [2.45, 2.75) is 71.8 Å². The summed E-state index contributed by atoms with van der Waals surface area (Å²) in [5.74, 6) is 0.853. The lowest BCUT2D eigenvalue weighted by molar-refractivity contribution is -0.116. The van der Waals surface area contributed by atoms with Gasteiger partial charge in [-0.2, -0.15) is 0 Å². The number of carbonyl (C=O) groups excluding carboxylic acids is 1. The zero-order valence-corrected chi connectivity index (χ0v) is 17.4. The molecule has 1 aliphatic rings. The number of rotatable bonds is 6. The van der Waals surface area contributed by atoms with Gasteiger partial charge in [-0.05, 0) is 43.4 Å². The Morgan fingerprint density at radius 2 is 1.92 bits per heavy atom. The van der Waals surface area contributed by atoms with Crippen LogP contribution in [0.1, 0.15) is 64.4 Å². The monoisotopic (exact) mass is 369 g/mol. The van der Waals surface area contributed by atoms with Crippen LogP contribution in [0.25, 0.3) is 0 Å². The normalized spacial score (nSPS) is 15.1. The number of hydrogen-bond donors (Lipinski definition) is 1. The molecular formula is C21H36ClNO2. The first-order valence-corrected chi connectivity index (χ1v) is 9.90. The van der Waals surface area contributed by atoms with Crippen LogP contribution in [-0.4, -0.2) is 26.5 Å². The van der Waals surface area contributed by atoms with Crippen LogP contribution < -0.4 is 5.32 Å². The zero-order chi connectivity index (χ0) is 19.1. The number of halogens is 1. The van der Waals surface area contributed by atoms with Crippen LogP contribution in [0.2, 0.25) is 5.02 Å². The second-order valence-corrected chi connectivity index (χ2v) is 6.61. The zero-order valence-electron chi connectivity index (χ0n) is 16.6. The summed E-state index contributed by atoms with van der Waals surface area (Å²) in [7, 11) is 3.49. The fourth-order valence-electron chi connectivity index (χ4n) is 2.87. The number of hydrogen-bond acceptors (Lipinski definition) is 3. The fraction of sp³-hybridized carbons (Fsp3) is 0.667. The predicted octanol–water partition coefficient (Wildman–Crippen LogP) is 6.28. The number of aldehydes is 1. The van der Waals surface area contributed by atoms with Crippen LogP contribution in [0.4, 0.5) is 5.69 Å². The summed E-state index contributed by atoms with van der Waals surface area (Å²) in [6, 6.07) is 5.91. The Morgan fingerprint density at radius 3 is 2.40 bits per heavy atom. The van der Waals surface area contributed by atoms with E-state index in [-0.39, 0.29) is 6.10 Å². The van der Waals surface area contributed by atoms with Gasteiger partial charge in [0.15, 0.2) is 0 Å². The van der Waals surface area contributed by atoms with Gasteiger partial charge in [-0.15, -0.1) is 0 Å². The molecule has 1 fully saturated rings. The fourth-order valence-corrected chi connectivity index (χ4v) is 3.05. The van der Waals surface area contributed by atoms with Crippen molar-refractivity contribution in [2.75, 3.05) is 19.5 Å². The van der Waals surface area contributed by atoms with E-state index in [0.717, 1.165) is 41.3 Å². The SMILES string of the molecule is CC.CNc1ccc(C)c(Cl)c1.COC(C=O)CCC1CCCCC1. The van der Waals surface area contributed by atoms with E-state index in [9.17, 15) is 4.79 Å². The molecule has 1 unspecified atom stereocenters. The molecule has 0 spiro atoms. The molecule has 0 heterocycles. The van der Waals surface area contributed by atoms with Gasteiger partial charge in [0.1, 0.15) is 12.4 Å². The quantitative estimate of drug-likeness (QED) is 0.600.